The van der Waals surface area contributed by atoms with Crippen LogP contribution in [0.3, 0.4) is 0 Å². The number of aliphatic imine (C=N–C) groups is 2. The Kier molecular flexibility index (Phi) is 13.3. The zero-order valence-electron chi connectivity index (χ0n) is 30.5. The molecule has 12 nitrogen and oxygen atoms in total. The quantitative estimate of drug-likeness (QED) is 0.114. The number of allylic oxidation sites excluding steroid dienone is 6. The Labute approximate surface area is 296 Å². The summed E-state index contributed by atoms with van der Waals surface area (Å²) in [5.41, 5.74) is 11.8. The molecule has 13 heteroatoms. The average molecular weight is 715 g/mol. The Morgan fingerprint density at radius 1 is 1.10 bits per heavy atom. The third kappa shape index (κ3) is 10.4. The van der Waals surface area contributed by atoms with Gasteiger partial charge in [0, 0.05) is 0 Å². The summed E-state index contributed by atoms with van der Waals surface area (Å²) in [6.07, 6.45) is 10.8. The maximum absolute atomic E-state index is 13.1. The molecule has 1 aromatic carbocycles. The van der Waals surface area contributed by atoms with Gasteiger partial charge in [-0.1, -0.05) is 41.5 Å². The minimum atomic E-state index is -4.66. The highest BCUT2D eigenvalue weighted by Crippen LogP contribution is 2.49. The number of aliphatic hydroxyl groups is 2. The maximum Gasteiger partial charge on any atom is 0.527 e. The molecule has 4 rings (SSSR count). The van der Waals surface area contributed by atoms with E-state index < -0.39 is 39.0 Å². The van der Waals surface area contributed by atoms with Crippen LogP contribution in [0.4, 0.5) is 0 Å². The van der Waals surface area contributed by atoms with Crippen molar-refractivity contribution in [3.8, 4) is 11.5 Å². The van der Waals surface area contributed by atoms with Crippen LogP contribution in [0, 0.1) is 13.8 Å². The SMILES string of the molecule is C=C1N=C(N)N=CN1[C@@H]1O[C@H](COP(=O)(O)Oc2cc3c(c(C)c2C)OC(C)(CC/C=C(\C)CC/C=C(\C)CCC=C(C)C)CC3)[C@H](O)C1O. The smallest absolute Gasteiger partial charge is 0.487 e. The number of aryl methyl sites for hydroxylation is 1. The molecule has 1 saturated heterocycles. The van der Waals surface area contributed by atoms with Crippen LogP contribution in [-0.2, 0) is 20.2 Å². The van der Waals surface area contributed by atoms with E-state index in [1.165, 1.54) is 28.0 Å². The standard InChI is InChI=1S/C37H55N4O8P/c1-23(2)12-9-13-24(3)14-10-15-25(4)16-11-18-37(8)19-17-29-20-30(26(5)27(6)34(29)48-37)49-50(44,45)46-21-31-32(42)33(43)35(47-31)41-22-39-36(38)40-28(41)7/h12,14,16,20,22,31-33,35,42-43H,7,9-11,13,15,17-19,21H2,1-6,8H3,(H2,38,40)(H,44,45)/b24-14+,25-16+/t31-,32+,33?,35-,37?/m1/s1. The van der Waals surface area contributed by atoms with Crippen molar-refractivity contribution in [3.05, 3.63) is 70.1 Å². The number of nitrogens with two attached hydrogens (primary N) is 1. The lowest BCUT2D eigenvalue weighted by molar-refractivity contribution is -0.0598. The van der Waals surface area contributed by atoms with Crippen LogP contribution in [-0.4, -0.2) is 69.1 Å². The lowest BCUT2D eigenvalue weighted by Gasteiger charge is -2.37. The molecule has 0 bridgehead atoms. The lowest BCUT2D eigenvalue weighted by Crippen LogP contribution is -2.44. The van der Waals surface area contributed by atoms with E-state index in [1.807, 2.05) is 6.92 Å². The highest BCUT2D eigenvalue weighted by molar-refractivity contribution is 7.47. The van der Waals surface area contributed by atoms with Gasteiger partial charge in [0.1, 0.15) is 47.6 Å². The summed E-state index contributed by atoms with van der Waals surface area (Å²) in [5.74, 6) is 1.13. The van der Waals surface area contributed by atoms with Gasteiger partial charge < -0.3 is 29.9 Å². The average Bonchev–Trinajstić information content (AvgIpc) is 3.31. The second kappa shape index (κ2) is 16.8. The van der Waals surface area contributed by atoms with Crippen LogP contribution in [0.2, 0.25) is 0 Å². The predicted molar refractivity (Wildman–Crippen MR) is 196 cm³/mol. The van der Waals surface area contributed by atoms with E-state index in [0.717, 1.165) is 68.2 Å². The zero-order valence-corrected chi connectivity index (χ0v) is 31.4. The summed E-state index contributed by atoms with van der Waals surface area (Å²) in [6.45, 7) is 17.8. The number of fused-ring (bicyclic) bond motifs is 1. The summed E-state index contributed by atoms with van der Waals surface area (Å²) in [6, 6.07) is 1.73. The number of hydrogen-bond acceptors (Lipinski definition) is 11. The van der Waals surface area contributed by atoms with Gasteiger partial charge in [-0.2, -0.15) is 4.99 Å². The van der Waals surface area contributed by atoms with Gasteiger partial charge in [-0.05, 0) is 123 Å². The Morgan fingerprint density at radius 2 is 1.76 bits per heavy atom. The first-order valence-electron chi connectivity index (χ1n) is 17.3. The third-order valence-electron chi connectivity index (χ3n) is 9.51. The number of guanidine groups is 1. The van der Waals surface area contributed by atoms with Gasteiger partial charge in [0.05, 0.1) is 6.61 Å². The molecule has 1 aromatic rings. The van der Waals surface area contributed by atoms with Crippen LogP contribution in [0.15, 0.2) is 63.4 Å². The number of rotatable bonds is 15. The fourth-order valence-electron chi connectivity index (χ4n) is 6.22. The molecule has 3 aliphatic rings. The fraction of sp³-hybridized carbons (Fsp3) is 0.568. The molecule has 0 amide bonds. The highest BCUT2D eigenvalue weighted by Gasteiger charge is 2.47. The van der Waals surface area contributed by atoms with E-state index in [9.17, 15) is 19.7 Å². The number of nitrogens with zero attached hydrogens (tertiary/aromatic N) is 3. The Balaban J connectivity index is 1.30. The second-order valence-electron chi connectivity index (χ2n) is 14.1. The van der Waals surface area contributed by atoms with Crippen LogP contribution in [0.25, 0.3) is 0 Å². The van der Waals surface area contributed by atoms with E-state index in [1.54, 1.807) is 13.0 Å². The third-order valence-corrected chi connectivity index (χ3v) is 10.4. The number of phosphoric ester groups is 1. The van der Waals surface area contributed by atoms with Crippen molar-refractivity contribution in [2.45, 2.75) is 130 Å². The molecule has 0 aromatic heterocycles. The first-order valence-corrected chi connectivity index (χ1v) is 18.8. The summed E-state index contributed by atoms with van der Waals surface area (Å²) in [7, 11) is -4.66. The molecule has 0 saturated carbocycles. The van der Waals surface area contributed by atoms with Crippen molar-refractivity contribution in [1.29, 1.82) is 0 Å². The summed E-state index contributed by atoms with van der Waals surface area (Å²) >= 11 is 0. The molecule has 5 N–H and O–H groups in total. The van der Waals surface area contributed by atoms with Gasteiger partial charge >= 0.3 is 7.82 Å². The van der Waals surface area contributed by atoms with Crippen molar-refractivity contribution in [1.82, 2.24) is 4.90 Å². The van der Waals surface area contributed by atoms with E-state index in [4.69, 9.17) is 24.3 Å². The summed E-state index contributed by atoms with van der Waals surface area (Å²) < 4.78 is 36.2. The second-order valence-corrected chi connectivity index (χ2v) is 15.5. The molecule has 0 spiro atoms. The molecule has 276 valence electrons. The summed E-state index contributed by atoms with van der Waals surface area (Å²) in [4.78, 5) is 19.7. The van der Waals surface area contributed by atoms with Gasteiger partial charge in [-0.25, -0.2) is 9.56 Å². The number of hydrogen-bond donors (Lipinski definition) is 4. The lowest BCUT2D eigenvalue weighted by atomic mass is 9.87. The molecule has 0 radical (unpaired) electrons. The van der Waals surface area contributed by atoms with Gasteiger partial charge in [-0.15, -0.1) is 0 Å². The van der Waals surface area contributed by atoms with E-state index >= 15 is 0 Å². The van der Waals surface area contributed by atoms with E-state index in [-0.39, 0.29) is 23.1 Å². The topological polar surface area (TPSA) is 169 Å². The molecular weight excluding hydrogens is 659 g/mol. The number of phosphoric acid groups is 1. The summed E-state index contributed by atoms with van der Waals surface area (Å²) in [5, 5.41) is 21.1. The Bertz CT molecular complexity index is 1610. The molecule has 6 atom stereocenters. The van der Waals surface area contributed by atoms with Crippen LogP contribution < -0.4 is 15.0 Å². The molecule has 0 aliphatic carbocycles. The number of ether oxygens (including phenoxy) is 2. The van der Waals surface area contributed by atoms with Crippen molar-refractivity contribution < 1.29 is 38.2 Å². The van der Waals surface area contributed by atoms with Crippen molar-refractivity contribution >= 4 is 20.1 Å². The molecule has 50 heavy (non-hydrogen) atoms. The molecule has 1 fully saturated rings. The minimum absolute atomic E-state index is 0.0140. The number of benzene rings is 1. The first-order chi connectivity index (χ1) is 23.5. The van der Waals surface area contributed by atoms with Crippen LogP contribution in [0.1, 0.15) is 96.3 Å². The Morgan fingerprint density at radius 3 is 2.42 bits per heavy atom. The highest BCUT2D eigenvalue weighted by atomic mass is 31.2. The molecule has 3 aliphatic heterocycles. The maximum atomic E-state index is 13.1. The van der Waals surface area contributed by atoms with E-state index in [0.29, 0.717) is 5.56 Å². The molecule has 3 heterocycles. The minimum Gasteiger partial charge on any atom is -0.487 e. The van der Waals surface area contributed by atoms with Gasteiger partial charge in [0.2, 0.25) is 5.96 Å². The fourth-order valence-corrected chi connectivity index (χ4v) is 7.05. The van der Waals surface area contributed by atoms with Crippen molar-refractivity contribution in [2.75, 3.05) is 6.61 Å². The first kappa shape index (κ1) is 39.5. The van der Waals surface area contributed by atoms with Gasteiger partial charge in [-0.3, -0.25) is 14.3 Å². The van der Waals surface area contributed by atoms with Crippen LogP contribution in [0.5, 0.6) is 11.5 Å². The van der Waals surface area contributed by atoms with Gasteiger partial charge in [0.15, 0.2) is 6.23 Å². The predicted octanol–water partition coefficient (Wildman–Crippen LogP) is 6.66. The Hall–Kier alpha value is -3.25. The van der Waals surface area contributed by atoms with Crippen LogP contribution >= 0.6 is 7.82 Å². The van der Waals surface area contributed by atoms with Crippen molar-refractivity contribution in [2.24, 2.45) is 15.7 Å². The molecular formula is C37H55N4O8P. The van der Waals surface area contributed by atoms with Gasteiger partial charge in [0.25, 0.3) is 0 Å². The number of aliphatic hydroxyl groups excluding tert-OH is 2. The van der Waals surface area contributed by atoms with E-state index in [2.05, 4.69) is 69.4 Å². The van der Waals surface area contributed by atoms with Crippen molar-refractivity contribution in [3.63, 3.8) is 0 Å². The zero-order chi connectivity index (χ0) is 36.8. The monoisotopic (exact) mass is 714 g/mol. The molecule has 3 unspecified atom stereocenters. The largest absolute Gasteiger partial charge is 0.527 e. The normalized spacial score (nSPS) is 26.6.